The van der Waals surface area contributed by atoms with E-state index in [4.69, 9.17) is 4.74 Å². The Labute approximate surface area is 161 Å². The Morgan fingerprint density at radius 2 is 1.79 bits per heavy atom. The molecule has 0 fully saturated rings. The number of anilines is 1. The van der Waals surface area contributed by atoms with Crippen molar-refractivity contribution in [3.63, 3.8) is 0 Å². The van der Waals surface area contributed by atoms with Crippen molar-refractivity contribution in [2.75, 3.05) is 12.4 Å². The molecule has 2 aromatic carbocycles. The zero-order chi connectivity index (χ0) is 19.9. The number of benzene rings is 2. The molecule has 142 valence electrons. The maximum Gasteiger partial charge on any atom is 0.270 e. The fraction of sp³-hybridized carbons (Fsp3) is 0.0952. The van der Waals surface area contributed by atoms with Crippen molar-refractivity contribution in [1.29, 1.82) is 0 Å². The van der Waals surface area contributed by atoms with E-state index in [9.17, 15) is 14.0 Å². The number of halogens is 1. The predicted octanol–water partition coefficient (Wildman–Crippen LogP) is 3.41. The third-order valence-corrected chi connectivity index (χ3v) is 4.00. The lowest BCUT2D eigenvalue weighted by molar-refractivity contribution is 0.0945. The van der Waals surface area contributed by atoms with E-state index in [0.29, 0.717) is 17.0 Å². The molecule has 0 radical (unpaired) electrons. The molecular formula is C21H18FN3O3. The van der Waals surface area contributed by atoms with Gasteiger partial charge in [-0.25, -0.2) is 4.39 Å². The minimum absolute atomic E-state index is 0.0233. The average Bonchev–Trinajstić information content (AvgIpc) is 2.73. The van der Waals surface area contributed by atoms with Crippen LogP contribution in [0.1, 0.15) is 26.4 Å². The summed E-state index contributed by atoms with van der Waals surface area (Å²) in [5.74, 6) is -0.600. The standard InChI is InChI=1S/C21H18FN3O3/c1-28-17-8-6-16(7-9-17)25-20(26)14-10-11-23-19(12-14)21(27)24-13-15-4-2-3-5-18(15)22/h2-12H,13H2,1H3,(H,24,27)(H,25,26). The second-order valence-electron chi connectivity index (χ2n) is 5.89. The van der Waals surface area contributed by atoms with E-state index in [1.54, 1.807) is 49.6 Å². The highest BCUT2D eigenvalue weighted by Gasteiger charge is 2.13. The van der Waals surface area contributed by atoms with Crippen LogP contribution in [0.5, 0.6) is 5.75 Å². The second-order valence-corrected chi connectivity index (χ2v) is 5.89. The van der Waals surface area contributed by atoms with E-state index >= 15 is 0 Å². The van der Waals surface area contributed by atoms with Crippen molar-refractivity contribution in [2.45, 2.75) is 6.54 Å². The molecule has 3 aromatic rings. The topological polar surface area (TPSA) is 80.3 Å². The number of methoxy groups -OCH3 is 1. The van der Waals surface area contributed by atoms with Crippen LogP contribution in [0.25, 0.3) is 0 Å². The van der Waals surface area contributed by atoms with Gasteiger partial charge in [-0.05, 0) is 42.5 Å². The fourth-order valence-electron chi connectivity index (χ4n) is 2.48. The molecule has 0 unspecified atom stereocenters. The number of aromatic nitrogens is 1. The third-order valence-electron chi connectivity index (χ3n) is 4.00. The van der Waals surface area contributed by atoms with Gasteiger partial charge in [0.1, 0.15) is 17.3 Å². The van der Waals surface area contributed by atoms with Crippen molar-refractivity contribution in [2.24, 2.45) is 0 Å². The molecule has 1 aromatic heterocycles. The minimum Gasteiger partial charge on any atom is -0.497 e. The van der Waals surface area contributed by atoms with E-state index in [1.165, 1.54) is 24.4 Å². The molecule has 0 atom stereocenters. The normalized spacial score (nSPS) is 10.2. The van der Waals surface area contributed by atoms with Crippen molar-refractivity contribution in [3.8, 4) is 5.75 Å². The van der Waals surface area contributed by atoms with Crippen LogP contribution in [-0.2, 0) is 6.54 Å². The first-order valence-electron chi connectivity index (χ1n) is 8.50. The summed E-state index contributed by atoms with van der Waals surface area (Å²) < 4.78 is 18.7. The first-order valence-corrected chi connectivity index (χ1v) is 8.50. The Morgan fingerprint density at radius 3 is 2.50 bits per heavy atom. The molecule has 0 aliphatic heterocycles. The zero-order valence-electron chi connectivity index (χ0n) is 15.1. The Bertz CT molecular complexity index is 990. The molecule has 0 saturated carbocycles. The fourth-order valence-corrected chi connectivity index (χ4v) is 2.48. The maximum atomic E-state index is 13.6. The van der Waals surface area contributed by atoms with Crippen molar-refractivity contribution >= 4 is 17.5 Å². The second kappa shape index (κ2) is 8.77. The highest BCUT2D eigenvalue weighted by Crippen LogP contribution is 2.16. The Hall–Kier alpha value is -3.74. The van der Waals surface area contributed by atoms with Crippen LogP contribution in [0.2, 0.25) is 0 Å². The van der Waals surface area contributed by atoms with E-state index in [0.717, 1.165) is 0 Å². The Kier molecular flexibility index (Phi) is 5.96. The number of carbonyl (C=O) groups excluding carboxylic acids is 2. The molecule has 0 spiro atoms. The van der Waals surface area contributed by atoms with Crippen LogP contribution in [-0.4, -0.2) is 23.9 Å². The quantitative estimate of drug-likeness (QED) is 0.688. The number of nitrogens with zero attached hydrogens (tertiary/aromatic N) is 1. The van der Waals surface area contributed by atoms with Crippen LogP contribution in [0.4, 0.5) is 10.1 Å². The molecule has 6 nitrogen and oxygen atoms in total. The first kappa shape index (κ1) is 19.0. The lowest BCUT2D eigenvalue weighted by atomic mass is 10.2. The number of ether oxygens (including phenoxy) is 1. The molecule has 28 heavy (non-hydrogen) atoms. The number of carbonyl (C=O) groups is 2. The summed E-state index contributed by atoms with van der Waals surface area (Å²) in [4.78, 5) is 28.7. The van der Waals surface area contributed by atoms with Gasteiger partial charge in [-0.15, -0.1) is 0 Å². The van der Waals surface area contributed by atoms with Crippen molar-refractivity contribution < 1.29 is 18.7 Å². The highest BCUT2D eigenvalue weighted by atomic mass is 19.1. The van der Waals surface area contributed by atoms with Gasteiger partial charge in [0.05, 0.1) is 7.11 Å². The van der Waals surface area contributed by atoms with Gasteiger partial charge in [0.2, 0.25) is 0 Å². The number of amides is 2. The molecule has 7 heteroatoms. The number of rotatable bonds is 6. The van der Waals surface area contributed by atoms with Crippen LogP contribution >= 0.6 is 0 Å². The average molecular weight is 379 g/mol. The summed E-state index contributed by atoms with van der Waals surface area (Å²) in [6, 6.07) is 15.9. The minimum atomic E-state index is -0.498. The summed E-state index contributed by atoms with van der Waals surface area (Å²) in [6.07, 6.45) is 1.38. The summed E-state index contributed by atoms with van der Waals surface area (Å²) in [6.45, 7) is 0.0233. The molecule has 0 aliphatic rings. The summed E-state index contributed by atoms with van der Waals surface area (Å²) in [5.41, 5.74) is 1.30. The predicted molar refractivity (Wildman–Crippen MR) is 103 cm³/mol. The largest absolute Gasteiger partial charge is 0.497 e. The van der Waals surface area contributed by atoms with Crippen LogP contribution in [0, 0.1) is 5.82 Å². The number of nitrogens with one attached hydrogen (secondary N) is 2. The monoisotopic (exact) mass is 379 g/mol. The van der Waals surface area contributed by atoms with Gasteiger partial charge >= 0.3 is 0 Å². The number of hydrogen-bond donors (Lipinski definition) is 2. The number of hydrogen-bond acceptors (Lipinski definition) is 4. The van der Waals surface area contributed by atoms with Gasteiger partial charge in [-0.3, -0.25) is 14.6 Å². The van der Waals surface area contributed by atoms with E-state index < -0.39 is 11.7 Å². The van der Waals surface area contributed by atoms with Crippen molar-refractivity contribution in [1.82, 2.24) is 10.3 Å². The molecule has 0 bridgehead atoms. The molecule has 2 N–H and O–H groups in total. The smallest absolute Gasteiger partial charge is 0.270 e. The van der Waals surface area contributed by atoms with E-state index in [2.05, 4.69) is 15.6 Å². The maximum absolute atomic E-state index is 13.6. The lowest BCUT2D eigenvalue weighted by Crippen LogP contribution is -2.25. The zero-order valence-corrected chi connectivity index (χ0v) is 15.1. The van der Waals surface area contributed by atoms with Gasteiger partial charge in [0.25, 0.3) is 11.8 Å². The molecule has 1 heterocycles. The Morgan fingerprint density at radius 1 is 1.04 bits per heavy atom. The van der Waals surface area contributed by atoms with E-state index in [-0.39, 0.29) is 23.7 Å². The van der Waals surface area contributed by atoms with Crippen molar-refractivity contribution in [3.05, 3.63) is 89.5 Å². The van der Waals surface area contributed by atoms with Gasteiger partial charge < -0.3 is 15.4 Å². The Balaban J connectivity index is 1.66. The van der Waals surface area contributed by atoms with Gasteiger partial charge in [-0.1, -0.05) is 18.2 Å². The molecule has 2 amide bonds. The van der Waals surface area contributed by atoms with Gasteiger partial charge in [-0.2, -0.15) is 0 Å². The summed E-state index contributed by atoms with van der Waals surface area (Å²) in [7, 11) is 1.56. The molecular weight excluding hydrogens is 361 g/mol. The van der Waals surface area contributed by atoms with Crippen LogP contribution < -0.4 is 15.4 Å². The van der Waals surface area contributed by atoms with E-state index in [1.807, 2.05) is 0 Å². The molecule has 0 saturated heterocycles. The first-order chi connectivity index (χ1) is 13.6. The van der Waals surface area contributed by atoms with Crippen LogP contribution in [0.3, 0.4) is 0 Å². The van der Waals surface area contributed by atoms with Gasteiger partial charge in [0, 0.05) is 29.6 Å². The summed E-state index contributed by atoms with van der Waals surface area (Å²) >= 11 is 0. The van der Waals surface area contributed by atoms with Crippen LogP contribution in [0.15, 0.2) is 66.9 Å². The summed E-state index contributed by atoms with van der Waals surface area (Å²) in [5, 5.41) is 5.33. The lowest BCUT2D eigenvalue weighted by Gasteiger charge is -2.08. The molecule has 0 aliphatic carbocycles. The highest BCUT2D eigenvalue weighted by molar-refractivity contribution is 6.05. The third kappa shape index (κ3) is 4.70. The SMILES string of the molecule is COc1ccc(NC(=O)c2ccnc(C(=O)NCc3ccccc3F)c2)cc1. The number of pyridine rings is 1. The van der Waals surface area contributed by atoms with Gasteiger partial charge in [0.15, 0.2) is 0 Å². The molecule has 3 rings (SSSR count).